The monoisotopic (exact) mass is 386 g/mol. The first-order chi connectivity index (χ1) is 13.1. The predicted molar refractivity (Wildman–Crippen MR) is 115 cm³/mol. The topological polar surface area (TPSA) is 41.6 Å². The number of nitrogens with one attached hydrogen (secondary N) is 1. The highest BCUT2D eigenvalue weighted by atomic mass is 32.2. The summed E-state index contributed by atoms with van der Waals surface area (Å²) in [6, 6.07) is 7.97. The molecule has 0 unspecified atom stereocenters. The van der Waals surface area contributed by atoms with Crippen LogP contribution in [0.4, 0.5) is 0 Å². The lowest BCUT2D eigenvalue weighted by molar-refractivity contribution is -0.116. The molecule has 1 aromatic rings. The van der Waals surface area contributed by atoms with Gasteiger partial charge in [0.05, 0.1) is 16.4 Å². The average molecular weight is 387 g/mol. The number of rotatable bonds is 10. The summed E-state index contributed by atoms with van der Waals surface area (Å²) in [5.41, 5.74) is 5.29. The van der Waals surface area contributed by atoms with E-state index in [0.717, 1.165) is 59.4 Å². The molecule has 0 radical (unpaired) electrons. The predicted octanol–water partition coefficient (Wildman–Crippen LogP) is 4.45. The fourth-order valence-corrected chi connectivity index (χ4v) is 3.65. The van der Waals surface area contributed by atoms with E-state index in [9.17, 15) is 4.79 Å². The molecule has 1 aliphatic heterocycles. The van der Waals surface area contributed by atoms with Crippen LogP contribution < -0.4 is 10.1 Å². The number of benzene rings is 1. The molecule has 1 heterocycles. The molecule has 2 rings (SSSR count). The number of amides is 1. The first-order valence-electron chi connectivity index (χ1n) is 9.68. The average Bonchev–Trinajstić information content (AvgIpc) is 2.70. The first kappa shape index (κ1) is 21.4. The van der Waals surface area contributed by atoms with E-state index in [2.05, 4.69) is 36.7 Å². The van der Waals surface area contributed by atoms with Crippen LogP contribution in [0, 0.1) is 0 Å². The Balaban J connectivity index is 1.98. The van der Waals surface area contributed by atoms with Crippen LogP contribution in [0.5, 0.6) is 5.75 Å². The van der Waals surface area contributed by atoms with Crippen LogP contribution in [0.3, 0.4) is 0 Å². The summed E-state index contributed by atoms with van der Waals surface area (Å²) in [6.07, 6.45) is 2.88. The summed E-state index contributed by atoms with van der Waals surface area (Å²) in [7, 11) is 0. The van der Waals surface area contributed by atoms with Crippen molar-refractivity contribution in [1.29, 1.82) is 0 Å². The Labute approximate surface area is 167 Å². The van der Waals surface area contributed by atoms with Crippen molar-refractivity contribution in [3.05, 3.63) is 52.1 Å². The van der Waals surface area contributed by atoms with E-state index in [1.54, 1.807) is 0 Å². The van der Waals surface area contributed by atoms with Gasteiger partial charge in [-0.25, -0.2) is 0 Å². The van der Waals surface area contributed by atoms with Crippen molar-refractivity contribution >= 4 is 22.6 Å². The number of hydrogen-bond donors (Lipinski definition) is 1. The minimum Gasteiger partial charge on any atom is -0.494 e. The van der Waals surface area contributed by atoms with E-state index in [-0.39, 0.29) is 5.91 Å². The van der Waals surface area contributed by atoms with Gasteiger partial charge in [-0.3, -0.25) is 4.79 Å². The standard InChI is InChI=1S/C22H30N2O2S/c1-5-16-26-19-11-9-18(10-12-19)20-13-8-17(4)21(27-20)22(25)23-14-15-24(6-2)7-3/h8-12H,5-7,14-16H2,1-4H3,(H,23,25). The Bertz CT molecular complexity index is 727. The molecule has 1 amide bonds. The van der Waals surface area contributed by atoms with Crippen LogP contribution in [-0.4, -0.2) is 43.6 Å². The number of thioether (sulfide) groups is 1. The Morgan fingerprint density at radius 2 is 1.89 bits per heavy atom. The number of allylic oxidation sites excluding steroid dienone is 2. The van der Waals surface area contributed by atoms with Gasteiger partial charge < -0.3 is 15.0 Å². The zero-order chi connectivity index (χ0) is 19.6. The van der Waals surface area contributed by atoms with Gasteiger partial charge in [-0.1, -0.05) is 32.5 Å². The van der Waals surface area contributed by atoms with Gasteiger partial charge >= 0.3 is 0 Å². The van der Waals surface area contributed by atoms with E-state index in [1.165, 1.54) is 11.8 Å². The second kappa shape index (κ2) is 11.0. The minimum atomic E-state index is -0.0113. The maximum atomic E-state index is 12.6. The van der Waals surface area contributed by atoms with E-state index in [0.29, 0.717) is 6.54 Å². The normalized spacial score (nSPS) is 13.7. The third kappa shape index (κ3) is 6.31. The largest absolute Gasteiger partial charge is 0.494 e. The molecule has 0 aromatic heterocycles. The van der Waals surface area contributed by atoms with Crippen LogP contribution in [0.15, 0.2) is 46.6 Å². The number of nitrogens with zero attached hydrogens (tertiary/aromatic N) is 1. The van der Waals surface area contributed by atoms with E-state index >= 15 is 0 Å². The lowest BCUT2D eigenvalue weighted by atomic mass is 10.2. The van der Waals surface area contributed by atoms with Crippen molar-refractivity contribution in [1.82, 2.24) is 10.2 Å². The number of carbonyl (C=O) groups is 1. The molecule has 146 valence electrons. The minimum absolute atomic E-state index is 0.0113. The maximum absolute atomic E-state index is 12.6. The van der Waals surface area contributed by atoms with Crippen molar-refractivity contribution in [3.63, 3.8) is 0 Å². The molecule has 0 saturated carbocycles. The molecule has 0 fully saturated rings. The third-order valence-corrected chi connectivity index (χ3v) is 5.65. The summed E-state index contributed by atoms with van der Waals surface area (Å²) < 4.78 is 5.63. The van der Waals surface area contributed by atoms with Crippen LogP contribution in [0.2, 0.25) is 0 Å². The van der Waals surface area contributed by atoms with Gasteiger partial charge in [0.15, 0.2) is 0 Å². The van der Waals surface area contributed by atoms with Crippen LogP contribution >= 0.6 is 11.8 Å². The highest BCUT2D eigenvalue weighted by Crippen LogP contribution is 2.38. The van der Waals surface area contributed by atoms with Crippen LogP contribution in [0.1, 0.15) is 39.7 Å². The molecule has 1 N–H and O–H groups in total. The fraction of sp³-hybridized carbons (Fsp3) is 0.455. The Kier molecular flexibility index (Phi) is 8.73. The summed E-state index contributed by atoms with van der Waals surface area (Å²) >= 11 is 1.48. The molecule has 0 atom stereocenters. The number of carbonyl (C=O) groups excluding carboxylic acids is 1. The van der Waals surface area contributed by atoms with Gasteiger partial charge in [-0.05, 0) is 67.9 Å². The van der Waals surface area contributed by atoms with Crippen molar-refractivity contribution in [3.8, 4) is 5.75 Å². The molecule has 0 saturated heterocycles. The van der Waals surface area contributed by atoms with Gasteiger partial charge in [0.25, 0.3) is 5.91 Å². The number of likely N-dealkylation sites (N-methyl/N-ethyl adjacent to an activating group) is 1. The summed E-state index contributed by atoms with van der Waals surface area (Å²) in [5, 5.41) is 3.05. The van der Waals surface area contributed by atoms with Gasteiger partial charge in [0.2, 0.25) is 0 Å². The molecular weight excluding hydrogens is 356 g/mol. The maximum Gasteiger partial charge on any atom is 0.258 e. The van der Waals surface area contributed by atoms with E-state index < -0.39 is 0 Å². The van der Waals surface area contributed by atoms with Gasteiger partial charge in [-0.2, -0.15) is 0 Å². The number of ether oxygens (including phenoxy) is 1. The quantitative estimate of drug-likeness (QED) is 0.603. The molecule has 0 aliphatic carbocycles. The lowest BCUT2D eigenvalue weighted by Gasteiger charge is -2.19. The smallest absolute Gasteiger partial charge is 0.258 e. The van der Waals surface area contributed by atoms with Crippen molar-refractivity contribution in [2.45, 2.75) is 34.1 Å². The van der Waals surface area contributed by atoms with Crippen LogP contribution in [0.25, 0.3) is 4.91 Å². The van der Waals surface area contributed by atoms with Crippen LogP contribution in [-0.2, 0) is 4.79 Å². The van der Waals surface area contributed by atoms with Gasteiger partial charge in [-0.15, -0.1) is 5.73 Å². The van der Waals surface area contributed by atoms with Crippen molar-refractivity contribution < 1.29 is 9.53 Å². The highest BCUT2D eigenvalue weighted by molar-refractivity contribution is 8.12. The summed E-state index contributed by atoms with van der Waals surface area (Å²) in [4.78, 5) is 16.6. The zero-order valence-electron chi connectivity index (χ0n) is 16.8. The summed E-state index contributed by atoms with van der Waals surface area (Å²) in [5.74, 6) is 0.856. The highest BCUT2D eigenvalue weighted by Gasteiger charge is 2.18. The Hall–Kier alpha value is -1.94. The first-order valence-corrected chi connectivity index (χ1v) is 10.5. The summed E-state index contributed by atoms with van der Waals surface area (Å²) in [6.45, 7) is 12.6. The molecule has 1 aromatic carbocycles. The number of hydrogen-bond acceptors (Lipinski definition) is 4. The second-order valence-electron chi connectivity index (χ2n) is 6.39. The molecule has 0 bridgehead atoms. The molecule has 0 spiro atoms. The second-order valence-corrected chi connectivity index (χ2v) is 7.41. The Morgan fingerprint density at radius 1 is 1.19 bits per heavy atom. The SMILES string of the molecule is CCCOc1ccc(C2=C=CC(C)=C(C(=O)NCCN(CC)CC)S2)cc1. The third-order valence-electron chi connectivity index (χ3n) is 4.39. The zero-order valence-corrected chi connectivity index (χ0v) is 17.6. The van der Waals surface area contributed by atoms with Crippen molar-refractivity contribution in [2.75, 3.05) is 32.8 Å². The Morgan fingerprint density at radius 3 is 2.52 bits per heavy atom. The van der Waals surface area contributed by atoms with E-state index in [4.69, 9.17) is 4.74 Å². The fourth-order valence-electron chi connectivity index (χ4n) is 2.69. The van der Waals surface area contributed by atoms with E-state index in [1.807, 2.05) is 37.3 Å². The van der Waals surface area contributed by atoms with Crippen molar-refractivity contribution in [2.24, 2.45) is 0 Å². The molecule has 1 aliphatic rings. The lowest BCUT2D eigenvalue weighted by Crippen LogP contribution is -2.35. The van der Waals surface area contributed by atoms with Gasteiger partial charge in [0.1, 0.15) is 5.75 Å². The molecule has 4 nitrogen and oxygen atoms in total. The molecule has 5 heteroatoms. The van der Waals surface area contributed by atoms with Gasteiger partial charge in [0, 0.05) is 13.1 Å². The molecular formula is C22H30N2O2S. The molecule has 27 heavy (non-hydrogen) atoms.